The van der Waals surface area contributed by atoms with Crippen LogP contribution in [-0.2, 0) is 4.43 Å². The molecule has 50 valence electrons. The molecular weight excluding hydrogens is 186 g/mol. The highest BCUT2D eigenvalue weighted by molar-refractivity contribution is 6.68. The lowest BCUT2D eigenvalue weighted by Crippen LogP contribution is -2.18. The highest BCUT2D eigenvalue weighted by Crippen LogP contribution is 2.27. The second kappa shape index (κ2) is 3.27. The van der Waals surface area contributed by atoms with Crippen molar-refractivity contribution in [2.75, 3.05) is 0 Å². The summed E-state index contributed by atoms with van der Waals surface area (Å²) >= 11 is 15.8. The highest BCUT2D eigenvalue weighted by atomic mass is 35.6. The van der Waals surface area contributed by atoms with E-state index in [9.17, 15) is 0 Å². The number of halogens is 3. The molecular formula is C3H7Cl3OSi. The number of rotatable bonds is 1. The fourth-order valence-corrected chi connectivity index (χ4v) is 2.41. The molecule has 0 N–H and O–H groups in total. The van der Waals surface area contributed by atoms with E-state index in [-0.39, 0.29) is 0 Å². The highest BCUT2D eigenvalue weighted by Gasteiger charge is 2.21. The number of hydrogen-bond donors (Lipinski definition) is 0. The Hall–Kier alpha value is 1.05. The van der Waals surface area contributed by atoms with Gasteiger partial charge >= 0.3 is 0 Å². The van der Waals surface area contributed by atoms with Gasteiger partial charge in [-0.3, -0.25) is 0 Å². The minimum Gasteiger partial charge on any atom is -0.379 e. The van der Waals surface area contributed by atoms with Crippen molar-refractivity contribution in [3.8, 4) is 0 Å². The molecule has 0 unspecified atom stereocenters. The molecule has 0 aliphatic rings. The first-order chi connectivity index (χ1) is 3.42. The van der Waals surface area contributed by atoms with Gasteiger partial charge in [0.05, 0.1) is 0 Å². The maximum atomic E-state index is 5.27. The van der Waals surface area contributed by atoms with Crippen LogP contribution in [0.2, 0.25) is 13.1 Å². The van der Waals surface area contributed by atoms with Crippen LogP contribution in [0.15, 0.2) is 0 Å². The zero-order chi connectivity index (χ0) is 6.78. The maximum absolute atomic E-state index is 5.27. The summed E-state index contributed by atoms with van der Waals surface area (Å²) in [6.07, 6.45) is 0. The predicted octanol–water partition coefficient (Wildman–Crippen LogP) is 2.31. The zero-order valence-electron chi connectivity index (χ0n) is 4.62. The van der Waals surface area contributed by atoms with Gasteiger partial charge in [0, 0.05) is 0 Å². The van der Waals surface area contributed by atoms with Crippen molar-refractivity contribution < 1.29 is 4.43 Å². The van der Waals surface area contributed by atoms with Crippen molar-refractivity contribution in [3.63, 3.8) is 0 Å². The molecule has 5 heteroatoms. The third kappa shape index (κ3) is 7.05. The van der Waals surface area contributed by atoms with Gasteiger partial charge in [-0.2, -0.15) is 0 Å². The van der Waals surface area contributed by atoms with Gasteiger partial charge in [-0.1, -0.05) is 34.8 Å². The Morgan fingerprint density at radius 2 is 1.62 bits per heavy atom. The summed E-state index contributed by atoms with van der Waals surface area (Å²) in [6, 6.07) is 0. The average molecular weight is 194 g/mol. The summed E-state index contributed by atoms with van der Waals surface area (Å²) in [5.74, 6) is 0. The van der Waals surface area contributed by atoms with Crippen molar-refractivity contribution >= 4 is 43.8 Å². The van der Waals surface area contributed by atoms with Crippen LogP contribution in [0, 0.1) is 0 Å². The van der Waals surface area contributed by atoms with Crippen LogP contribution in [0.5, 0.6) is 0 Å². The molecule has 0 atom stereocenters. The average Bonchev–Trinajstić information content (AvgIpc) is 1.21. The minimum absolute atomic E-state index is 1.19. The molecule has 0 aromatic rings. The summed E-state index contributed by atoms with van der Waals surface area (Å²) in [5.41, 5.74) is 0. The van der Waals surface area contributed by atoms with Crippen molar-refractivity contribution in [2.45, 2.75) is 17.1 Å². The Morgan fingerprint density at radius 1 is 1.25 bits per heavy atom. The normalized spacial score (nSPS) is 12.8. The molecule has 0 aliphatic heterocycles. The van der Waals surface area contributed by atoms with Crippen molar-refractivity contribution in [2.24, 2.45) is 0 Å². The fraction of sp³-hybridized carbons (Fsp3) is 1.00. The molecule has 0 fully saturated rings. The first-order valence-corrected chi connectivity index (χ1v) is 6.08. The Labute approximate surface area is 65.6 Å². The molecule has 0 saturated heterocycles. The summed E-state index contributed by atoms with van der Waals surface area (Å²) in [5, 5.41) is 0. The first-order valence-electron chi connectivity index (χ1n) is 2.16. The van der Waals surface area contributed by atoms with Crippen LogP contribution in [0.1, 0.15) is 0 Å². The van der Waals surface area contributed by atoms with Crippen molar-refractivity contribution in [1.29, 1.82) is 0 Å². The molecule has 0 heterocycles. The van der Waals surface area contributed by atoms with Crippen molar-refractivity contribution in [1.82, 2.24) is 0 Å². The quantitative estimate of drug-likeness (QED) is 0.459. The largest absolute Gasteiger partial charge is 0.379 e. The Morgan fingerprint density at radius 3 is 1.62 bits per heavy atom. The molecule has 0 radical (unpaired) electrons. The van der Waals surface area contributed by atoms with Crippen LogP contribution < -0.4 is 0 Å². The van der Waals surface area contributed by atoms with E-state index in [4.69, 9.17) is 39.2 Å². The van der Waals surface area contributed by atoms with Crippen LogP contribution in [0.3, 0.4) is 0 Å². The summed E-state index contributed by atoms with van der Waals surface area (Å²) in [4.78, 5) is 0. The number of alkyl halides is 3. The van der Waals surface area contributed by atoms with Crippen LogP contribution >= 0.6 is 34.8 Å². The molecule has 0 rings (SSSR count). The van der Waals surface area contributed by atoms with Gasteiger partial charge in [0.1, 0.15) is 0 Å². The maximum Gasteiger partial charge on any atom is 0.287 e. The lowest BCUT2D eigenvalue weighted by atomic mass is 11.7. The van der Waals surface area contributed by atoms with Crippen LogP contribution in [0.4, 0.5) is 0 Å². The van der Waals surface area contributed by atoms with Gasteiger partial charge in [-0.25, -0.2) is 0 Å². The van der Waals surface area contributed by atoms with Gasteiger partial charge in [0.15, 0.2) is 9.04 Å². The molecule has 1 nitrogen and oxygen atoms in total. The lowest BCUT2D eigenvalue weighted by Gasteiger charge is -2.13. The zero-order valence-corrected chi connectivity index (χ0v) is 8.04. The van der Waals surface area contributed by atoms with Gasteiger partial charge in [0.25, 0.3) is 3.98 Å². The van der Waals surface area contributed by atoms with E-state index in [1.165, 1.54) is 0 Å². The molecule has 0 spiro atoms. The third-order valence-electron chi connectivity index (χ3n) is 0.369. The molecule has 0 bridgehead atoms. The van der Waals surface area contributed by atoms with Crippen LogP contribution in [0.25, 0.3) is 0 Å². The standard InChI is InChI=1S/C3H7Cl3OSi/c1-8(2)7-3(4,5)6/h8H,1-2H3. The number of hydrogen-bond acceptors (Lipinski definition) is 1. The monoisotopic (exact) mass is 192 g/mol. The minimum atomic E-state index is -1.50. The molecule has 0 saturated carbocycles. The predicted molar refractivity (Wildman–Crippen MR) is 40.3 cm³/mol. The molecule has 0 amide bonds. The second-order valence-corrected chi connectivity index (χ2v) is 6.12. The first kappa shape index (κ1) is 9.05. The van der Waals surface area contributed by atoms with Gasteiger partial charge in [-0.15, -0.1) is 0 Å². The lowest BCUT2D eigenvalue weighted by molar-refractivity contribution is 0.330. The van der Waals surface area contributed by atoms with Gasteiger partial charge in [0.2, 0.25) is 0 Å². The van der Waals surface area contributed by atoms with E-state index < -0.39 is 13.0 Å². The smallest absolute Gasteiger partial charge is 0.287 e. The van der Waals surface area contributed by atoms with Gasteiger partial charge in [-0.05, 0) is 13.1 Å². The van der Waals surface area contributed by atoms with Gasteiger partial charge < -0.3 is 4.43 Å². The summed E-state index contributed by atoms with van der Waals surface area (Å²) in [6.45, 7) is 3.86. The van der Waals surface area contributed by atoms with E-state index in [1.54, 1.807) is 0 Å². The van der Waals surface area contributed by atoms with E-state index in [0.29, 0.717) is 0 Å². The van der Waals surface area contributed by atoms with E-state index >= 15 is 0 Å². The Kier molecular flexibility index (Phi) is 3.70. The summed E-state index contributed by atoms with van der Waals surface area (Å²) < 4.78 is 3.37. The molecule has 0 aliphatic carbocycles. The third-order valence-corrected chi connectivity index (χ3v) is 1.91. The summed E-state index contributed by atoms with van der Waals surface area (Å²) in [7, 11) is -1.19. The van der Waals surface area contributed by atoms with E-state index in [1.807, 2.05) is 13.1 Å². The fourth-order valence-electron chi connectivity index (χ4n) is 0.267. The second-order valence-electron chi connectivity index (χ2n) is 1.61. The topological polar surface area (TPSA) is 9.23 Å². The van der Waals surface area contributed by atoms with Crippen LogP contribution in [-0.4, -0.2) is 13.0 Å². The Balaban J connectivity index is 3.39. The Bertz CT molecular complexity index is 69.4. The van der Waals surface area contributed by atoms with E-state index in [2.05, 4.69) is 0 Å². The molecule has 0 aromatic heterocycles. The SMILES string of the molecule is C[SiH](C)OC(Cl)(Cl)Cl. The van der Waals surface area contributed by atoms with Crippen molar-refractivity contribution in [3.05, 3.63) is 0 Å². The molecule has 8 heavy (non-hydrogen) atoms. The molecule has 0 aromatic carbocycles. The van der Waals surface area contributed by atoms with E-state index in [0.717, 1.165) is 0 Å².